The van der Waals surface area contributed by atoms with E-state index in [0.29, 0.717) is 29.5 Å². The molecule has 31 heavy (non-hydrogen) atoms. The van der Waals surface area contributed by atoms with Gasteiger partial charge in [0, 0.05) is 24.7 Å². The number of hydrogen-bond donors (Lipinski definition) is 2. The van der Waals surface area contributed by atoms with Gasteiger partial charge in [-0.05, 0) is 62.4 Å². The topological polar surface area (TPSA) is 60.6 Å². The molecular weight excluding hydrogens is 408 g/mol. The zero-order chi connectivity index (χ0) is 22.4. The molecular formula is C24H30N4O2S. The minimum absolute atomic E-state index is 0.0675. The summed E-state index contributed by atoms with van der Waals surface area (Å²) >= 11 is 5.74. The number of hydrogen-bond acceptors (Lipinski definition) is 4. The highest BCUT2D eigenvalue weighted by Gasteiger charge is 2.16. The van der Waals surface area contributed by atoms with Crippen molar-refractivity contribution in [3.05, 3.63) is 76.1 Å². The smallest absolute Gasteiger partial charge is 0.253 e. The van der Waals surface area contributed by atoms with Crippen molar-refractivity contribution in [2.45, 2.75) is 19.5 Å². The fraction of sp³-hybridized carbons (Fsp3) is 0.333. The van der Waals surface area contributed by atoms with Crippen LogP contribution in [0.2, 0.25) is 0 Å². The molecule has 0 aliphatic carbocycles. The van der Waals surface area contributed by atoms with Gasteiger partial charge in [0.2, 0.25) is 0 Å². The summed E-state index contributed by atoms with van der Waals surface area (Å²) < 4.78 is 5.26. The van der Waals surface area contributed by atoms with Crippen molar-refractivity contribution in [1.29, 1.82) is 0 Å². The number of fused-ring (bicyclic) bond motifs is 1. The fourth-order valence-corrected chi connectivity index (χ4v) is 3.68. The number of thiocarbonyl (C=S) groups is 1. The summed E-state index contributed by atoms with van der Waals surface area (Å²) in [7, 11) is 5.66. The lowest BCUT2D eigenvalue weighted by atomic mass is 10.1. The second-order valence-corrected chi connectivity index (χ2v) is 8.27. The lowest BCUT2D eigenvalue weighted by molar-refractivity contribution is 0.320. The molecule has 1 aromatic heterocycles. The summed E-state index contributed by atoms with van der Waals surface area (Å²) in [6, 6.07) is 17.9. The zero-order valence-electron chi connectivity index (χ0n) is 18.5. The number of rotatable bonds is 8. The molecule has 3 aromatic rings. The maximum atomic E-state index is 12.8. The Bertz CT molecular complexity index is 1080. The molecule has 0 spiro atoms. The summed E-state index contributed by atoms with van der Waals surface area (Å²) in [6.45, 7) is 4.05. The first-order valence-electron chi connectivity index (χ1n) is 10.3. The number of aromatic amines is 1. The second-order valence-electron chi connectivity index (χ2n) is 7.88. The van der Waals surface area contributed by atoms with Crippen LogP contribution in [0.15, 0.2) is 59.4 Å². The third-order valence-corrected chi connectivity index (χ3v) is 5.61. The standard InChI is InChI=1S/C24H30N4O2S/c1-17(18-8-6-5-7-9-18)25-24(31)28(13-12-27(2)3)16-20-14-19-10-11-21(30-4)15-22(19)26-23(20)29/h5-11,14-15,17H,12-13,16H2,1-4H3,(H,25,31)(H,26,29). The van der Waals surface area contributed by atoms with E-state index >= 15 is 0 Å². The molecule has 0 amide bonds. The quantitative estimate of drug-likeness (QED) is 0.525. The predicted molar refractivity (Wildman–Crippen MR) is 131 cm³/mol. The van der Waals surface area contributed by atoms with Crippen molar-refractivity contribution in [3.8, 4) is 5.75 Å². The number of likely N-dealkylation sites (N-methyl/N-ethyl adjacent to an activating group) is 1. The third-order valence-electron chi connectivity index (χ3n) is 5.24. The number of aromatic nitrogens is 1. The van der Waals surface area contributed by atoms with Crippen LogP contribution in [0.4, 0.5) is 0 Å². The SMILES string of the molecule is COc1ccc2cc(CN(CCN(C)C)C(=S)NC(C)c3ccccc3)c(=O)[nH]c2c1. The van der Waals surface area contributed by atoms with Crippen LogP contribution in [-0.4, -0.2) is 54.2 Å². The molecule has 164 valence electrons. The van der Waals surface area contributed by atoms with Crippen LogP contribution in [-0.2, 0) is 6.54 Å². The molecule has 0 saturated heterocycles. The Labute approximate surface area is 188 Å². The van der Waals surface area contributed by atoms with Gasteiger partial charge in [-0.15, -0.1) is 0 Å². The van der Waals surface area contributed by atoms with Crippen molar-refractivity contribution >= 4 is 28.2 Å². The van der Waals surface area contributed by atoms with E-state index in [1.165, 1.54) is 0 Å². The van der Waals surface area contributed by atoms with E-state index in [1.54, 1.807) is 7.11 Å². The van der Waals surface area contributed by atoms with Gasteiger partial charge in [0.05, 0.1) is 25.2 Å². The Balaban J connectivity index is 1.82. The van der Waals surface area contributed by atoms with Gasteiger partial charge in [-0.25, -0.2) is 0 Å². The number of nitrogens with zero attached hydrogens (tertiary/aromatic N) is 2. The molecule has 1 unspecified atom stereocenters. The summed E-state index contributed by atoms with van der Waals surface area (Å²) in [4.78, 5) is 19.9. The monoisotopic (exact) mass is 438 g/mol. The number of nitrogens with one attached hydrogen (secondary N) is 2. The highest BCUT2D eigenvalue weighted by Crippen LogP contribution is 2.19. The van der Waals surface area contributed by atoms with Crippen molar-refractivity contribution < 1.29 is 4.74 Å². The highest BCUT2D eigenvalue weighted by molar-refractivity contribution is 7.80. The molecule has 0 aliphatic rings. The summed E-state index contributed by atoms with van der Waals surface area (Å²) in [5.74, 6) is 0.712. The van der Waals surface area contributed by atoms with Crippen molar-refractivity contribution in [1.82, 2.24) is 20.1 Å². The highest BCUT2D eigenvalue weighted by atomic mass is 32.1. The number of benzene rings is 2. The van der Waals surface area contributed by atoms with Crippen LogP contribution in [0.3, 0.4) is 0 Å². The fourth-order valence-electron chi connectivity index (χ4n) is 3.35. The Kier molecular flexibility index (Phi) is 7.65. The molecule has 0 fully saturated rings. The number of pyridine rings is 1. The minimum atomic E-state index is -0.116. The summed E-state index contributed by atoms with van der Waals surface area (Å²) in [6.07, 6.45) is 0. The molecule has 0 bridgehead atoms. The molecule has 0 aliphatic heterocycles. The summed E-state index contributed by atoms with van der Waals surface area (Å²) in [5.41, 5.74) is 2.48. The van der Waals surface area contributed by atoms with Gasteiger partial charge in [0.25, 0.3) is 5.56 Å². The van der Waals surface area contributed by atoms with Gasteiger partial charge in [0.1, 0.15) is 5.75 Å². The third kappa shape index (κ3) is 6.06. The zero-order valence-corrected chi connectivity index (χ0v) is 19.3. The van der Waals surface area contributed by atoms with Gasteiger partial charge < -0.3 is 24.8 Å². The maximum Gasteiger partial charge on any atom is 0.253 e. The first-order chi connectivity index (χ1) is 14.9. The predicted octanol–water partition coefficient (Wildman–Crippen LogP) is 3.54. The molecule has 0 radical (unpaired) electrons. The molecule has 2 aromatic carbocycles. The first kappa shape index (κ1) is 22.8. The molecule has 2 N–H and O–H groups in total. The average molecular weight is 439 g/mol. The van der Waals surface area contributed by atoms with E-state index in [4.69, 9.17) is 17.0 Å². The Morgan fingerprint density at radius 2 is 1.87 bits per heavy atom. The van der Waals surface area contributed by atoms with E-state index in [0.717, 1.165) is 23.0 Å². The Morgan fingerprint density at radius 3 is 2.55 bits per heavy atom. The molecule has 7 heteroatoms. The van der Waals surface area contributed by atoms with Gasteiger partial charge in [-0.2, -0.15) is 0 Å². The van der Waals surface area contributed by atoms with Gasteiger partial charge in [0.15, 0.2) is 5.11 Å². The van der Waals surface area contributed by atoms with Crippen LogP contribution in [0.1, 0.15) is 24.1 Å². The minimum Gasteiger partial charge on any atom is -0.497 e. The van der Waals surface area contributed by atoms with Gasteiger partial charge in [-0.3, -0.25) is 4.79 Å². The lowest BCUT2D eigenvalue weighted by Gasteiger charge is -2.29. The molecule has 6 nitrogen and oxygen atoms in total. The van der Waals surface area contributed by atoms with E-state index in [1.807, 2.05) is 56.6 Å². The Hall–Kier alpha value is -2.90. The molecule has 1 atom stereocenters. The van der Waals surface area contributed by atoms with E-state index < -0.39 is 0 Å². The van der Waals surface area contributed by atoms with Crippen LogP contribution in [0, 0.1) is 0 Å². The number of methoxy groups -OCH3 is 1. The average Bonchev–Trinajstić information content (AvgIpc) is 2.76. The van der Waals surface area contributed by atoms with Crippen molar-refractivity contribution in [2.24, 2.45) is 0 Å². The molecule has 3 rings (SSSR count). The van der Waals surface area contributed by atoms with Crippen molar-refractivity contribution in [2.75, 3.05) is 34.3 Å². The number of H-pyrrole nitrogens is 1. The van der Waals surface area contributed by atoms with Crippen LogP contribution in [0.25, 0.3) is 10.9 Å². The summed E-state index contributed by atoms with van der Waals surface area (Å²) in [5, 5.41) is 5.01. The lowest BCUT2D eigenvalue weighted by Crippen LogP contribution is -2.44. The van der Waals surface area contributed by atoms with Gasteiger partial charge in [-0.1, -0.05) is 30.3 Å². The van der Waals surface area contributed by atoms with E-state index in [2.05, 4.69) is 39.2 Å². The van der Waals surface area contributed by atoms with Crippen LogP contribution < -0.4 is 15.6 Å². The molecule has 0 saturated carbocycles. The first-order valence-corrected chi connectivity index (χ1v) is 10.7. The van der Waals surface area contributed by atoms with E-state index in [-0.39, 0.29) is 11.6 Å². The second kappa shape index (κ2) is 10.4. The largest absolute Gasteiger partial charge is 0.497 e. The Morgan fingerprint density at radius 1 is 1.13 bits per heavy atom. The maximum absolute atomic E-state index is 12.8. The van der Waals surface area contributed by atoms with Gasteiger partial charge >= 0.3 is 0 Å². The van der Waals surface area contributed by atoms with Crippen LogP contribution >= 0.6 is 12.2 Å². The normalized spacial score (nSPS) is 12.0. The van der Waals surface area contributed by atoms with Crippen LogP contribution in [0.5, 0.6) is 5.75 Å². The number of ether oxygens (including phenoxy) is 1. The van der Waals surface area contributed by atoms with E-state index in [9.17, 15) is 4.79 Å². The van der Waals surface area contributed by atoms with Crippen molar-refractivity contribution in [3.63, 3.8) is 0 Å². The molecule has 1 heterocycles.